The molecule has 5 rings (SSSR count). The van der Waals surface area contributed by atoms with Crippen molar-refractivity contribution in [3.05, 3.63) is 54.1 Å². The lowest BCUT2D eigenvalue weighted by atomic mass is 9.81. The number of hydrogen-bond acceptors (Lipinski definition) is 3. The predicted octanol–water partition coefficient (Wildman–Crippen LogP) is 5.73. The van der Waals surface area contributed by atoms with E-state index in [9.17, 15) is 9.90 Å². The summed E-state index contributed by atoms with van der Waals surface area (Å²) in [7, 11) is 4.31. The zero-order valence-corrected chi connectivity index (χ0v) is 19.8. The maximum Gasteiger partial charge on any atom is 0.335 e. The molecule has 1 aliphatic heterocycles. The van der Waals surface area contributed by atoms with Gasteiger partial charge in [0, 0.05) is 47.8 Å². The van der Waals surface area contributed by atoms with Gasteiger partial charge in [-0.15, -0.1) is 0 Å². The highest BCUT2D eigenvalue weighted by molar-refractivity contribution is 5.96. The number of fused-ring (bicyclic) bond motifs is 5. The van der Waals surface area contributed by atoms with Gasteiger partial charge in [0.05, 0.1) is 11.3 Å². The molecule has 0 saturated heterocycles. The number of aromatic carboxylic acids is 1. The minimum absolute atomic E-state index is 0.357. The van der Waals surface area contributed by atoms with Gasteiger partial charge < -0.3 is 19.5 Å². The van der Waals surface area contributed by atoms with E-state index in [0.29, 0.717) is 17.5 Å². The normalized spacial score (nSPS) is 19.2. The van der Waals surface area contributed by atoms with Crippen molar-refractivity contribution in [3.63, 3.8) is 0 Å². The second-order valence-corrected chi connectivity index (χ2v) is 10.0. The molecular weight excluding hydrogens is 410 g/mol. The fraction of sp³-hybridized carbons (Fsp3) is 0.464. The molecule has 2 aromatic carbocycles. The molecule has 1 saturated carbocycles. The van der Waals surface area contributed by atoms with Gasteiger partial charge in [-0.05, 0) is 63.5 Å². The molecule has 0 amide bonds. The summed E-state index contributed by atoms with van der Waals surface area (Å²) < 4.78 is 2.37. The maximum absolute atomic E-state index is 11.7. The van der Waals surface area contributed by atoms with Gasteiger partial charge in [-0.25, -0.2) is 4.79 Å². The minimum atomic E-state index is -0.867. The van der Waals surface area contributed by atoms with E-state index < -0.39 is 5.97 Å². The molecule has 5 heteroatoms. The summed E-state index contributed by atoms with van der Waals surface area (Å²) in [6, 6.07) is 17.1. The molecule has 5 nitrogen and oxygen atoms in total. The molecular formula is C28H35N3O2. The second-order valence-electron chi connectivity index (χ2n) is 10.0. The molecule has 174 valence electrons. The largest absolute Gasteiger partial charge is 0.478 e. The van der Waals surface area contributed by atoms with Crippen LogP contribution in [-0.4, -0.2) is 53.8 Å². The van der Waals surface area contributed by atoms with Crippen LogP contribution in [0.2, 0.25) is 0 Å². The van der Waals surface area contributed by atoms with E-state index in [-0.39, 0.29) is 0 Å². The van der Waals surface area contributed by atoms with E-state index in [1.54, 1.807) is 6.07 Å². The van der Waals surface area contributed by atoms with Crippen LogP contribution in [0, 0.1) is 5.92 Å². The monoisotopic (exact) mass is 445 g/mol. The summed E-state index contributed by atoms with van der Waals surface area (Å²) in [5.41, 5.74) is 5.15. The molecule has 1 unspecified atom stereocenters. The van der Waals surface area contributed by atoms with Gasteiger partial charge in [-0.2, -0.15) is 0 Å². The van der Waals surface area contributed by atoms with Crippen molar-refractivity contribution >= 4 is 22.6 Å². The number of hydrogen-bond donors (Lipinski definition) is 1. The SMILES string of the molecule is CN(C)CCN1c2ccccc2-c2cc3ccc(C(=O)O)cc3n2CCC1C1CCCCC1. The van der Waals surface area contributed by atoms with Gasteiger partial charge in [0.2, 0.25) is 0 Å². The van der Waals surface area contributed by atoms with Gasteiger partial charge >= 0.3 is 5.97 Å². The molecule has 1 fully saturated rings. The first-order valence-electron chi connectivity index (χ1n) is 12.4. The standard InChI is InChI=1S/C28H35N3O2/c1-29(2)16-17-31-24(20-8-4-3-5-9-20)14-15-30-26-19-22(28(32)33)13-12-21(26)18-27(30)23-10-6-7-11-25(23)31/h6-7,10-13,18-20,24H,3-5,8-9,14-17H2,1-2H3,(H,32,33). The van der Waals surface area contributed by atoms with Crippen molar-refractivity contribution in [2.24, 2.45) is 5.92 Å². The van der Waals surface area contributed by atoms with E-state index in [4.69, 9.17) is 0 Å². The lowest BCUT2D eigenvalue weighted by molar-refractivity contribution is 0.0697. The summed E-state index contributed by atoms with van der Waals surface area (Å²) in [6.45, 7) is 2.97. The van der Waals surface area contributed by atoms with Crippen LogP contribution in [0.1, 0.15) is 48.9 Å². The average molecular weight is 446 g/mol. The first kappa shape index (κ1) is 22.0. The summed E-state index contributed by atoms with van der Waals surface area (Å²) in [6.07, 6.45) is 7.75. The van der Waals surface area contributed by atoms with Crippen LogP contribution in [0.3, 0.4) is 0 Å². The van der Waals surface area contributed by atoms with Gasteiger partial charge in [0.1, 0.15) is 0 Å². The van der Waals surface area contributed by atoms with Crippen molar-refractivity contribution in [2.45, 2.75) is 51.1 Å². The molecule has 1 aliphatic carbocycles. The van der Waals surface area contributed by atoms with Gasteiger partial charge in [0.15, 0.2) is 0 Å². The fourth-order valence-corrected chi connectivity index (χ4v) is 5.99. The van der Waals surface area contributed by atoms with E-state index in [1.165, 1.54) is 49.0 Å². The van der Waals surface area contributed by atoms with E-state index in [2.05, 4.69) is 58.8 Å². The Morgan fingerprint density at radius 3 is 2.58 bits per heavy atom. The Bertz CT molecular complexity index is 1140. The van der Waals surface area contributed by atoms with Crippen molar-refractivity contribution < 1.29 is 9.90 Å². The van der Waals surface area contributed by atoms with Crippen LogP contribution in [0.15, 0.2) is 48.5 Å². The van der Waals surface area contributed by atoms with Crippen molar-refractivity contribution in [1.82, 2.24) is 9.47 Å². The Morgan fingerprint density at radius 2 is 1.82 bits per heavy atom. The summed E-state index contributed by atoms with van der Waals surface area (Å²) in [5.74, 6) is -0.152. The average Bonchev–Trinajstić information content (AvgIpc) is 3.17. The number of benzene rings is 2. The zero-order chi connectivity index (χ0) is 22.9. The molecule has 0 spiro atoms. The van der Waals surface area contributed by atoms with Crippen LogP contribution in [0.4, 0.5) is 5.69 Å². The van der Waals surface area contributed by atoms with E-state index >= 15 is 0 Å². The number of aromatic nitrogens is 1. The quantitative estimate of drug-likeness (QED) is 0.545. The van der Waals surface area contributed by atoms with Crippen LogP contribution in [0.5, 0.6) is 0 Å². The number of nitrogens with zero attached hydrogens (tertiary/aromatic N) is 3. The van der Waals surface area contributed by atoms with Crippen molar-refractivity contribution in [2.75, 3.05) is 32.1 Å². The molecule has 1 N–H and O–H groups in total. The second kappa shape index (κ2) is 9.22. The number of carboxylic acids is 1. The number of para-hydroxylation sites is 1. The lowest BCUT2D eigenvalue weighted by Crippen LogP contribution is -2.46. The number of carbonyl (C=O) groups is 1. The Balaban J connectivity index is 1.66. The highest BCUT2D eigenvalue weighted by Gasteiger charge is 2.32. The third kappa shape index (κ3) is 4.26. The minimum Gasteiger partial charge on any atom is -0.478 e. The molecule has 1 atom stereocenters. The first-order valence-corrected chi connectivity index (χ1v) is 12.4. The molecule has 1 aromatic heterocycles. The van der Waals surface area contributed by atoms with E-state index in [1.807, 2.05) is 12.1 Å². The molecule has 2 heterocycles. The molecule has 0 bridgehead atoms. The molecule has 33 heavy (non-hydrogen) atoms. The Morgan fingerprint density at radius 1 is 1.03 bits per heavy atom. The van der Waals surface area contributed by atoms with Crippen molar-refractivity contribution in [3.8, 4) is 11.3 Å². The Kier molecular flexibility index (Phi) is 6.15. The fourth-order valence-electron chi connectivity index (χ4n) is 5.99. The van der Waals surface area contributed by atoms with Crippen LogP contribution >= 0.6 is 0 Å². The molecule has 3 aromatic rings. The van der Waals surface area contributed by atoms with E-state index in [0.717, 1.165) is 37.0 Å². The molecule has 2 aliphatic rings. The van der Waals surface area contributed by atoms with Crippen molar-refractivity contribution in [1.29, 1.82) is 0 Å². The summed E-state index contributed by atoms with van der Waals surface area (Å²) in [5, 5.41) is 10.7. The zero-order valence-electron chi connectivity index (χ0n) is 19.8. The topological polar surface area (TPSA) is 48.7 Å². The lowest BCUT2D eigenvalue weighted by Gasteiger charge is -2.43. The van der Waals surface area contributed by atoms with Gasteiger partial charge in [0.25, 0.3) is 0 Å². The van der Waals surface area contributed by atoms with Crippen LogP contribution in [-0.2, 0) is 6.54 Å². The van der Waals surface area contributed by atoms with Crippen LogP contribution in [0.25, 0.3) is 22.2 Å². The number of carboxylic acid groups (broad SMARTS) is 1. The Hall–Kier alpha value is -2.79. The first-order chi connectivity index (χ1) is 16.0. The number of anilines is 1. The predicted molar refractivity (Wildman–Crippen MR) is 135 cm³/mol. The summed E-state index contributed by atoms with van der Waals surface area (Å²) in [4.78, 5) is 16.6. The Labute approximate surface area is 196 Å². The number of aryl methyl sites for hydroxylation is 1. The van der Waals surface area contributed by atoms with Crippen LogP contribution < -0.4 is 4.90 Å². The number of rotatable bonds is 5. The third-order valence-corrected chi connectivity index (χ3v) is 7.67. The highest BCUT2D eigenvalue weighted by Crippen LogP contribution is 2.41. The van der Waals surface area contributed by atoms with Gasteiger partial charge in [-0.1, -0.05) is 43.5 Å². The number of likely N-dealkylation sites (N-methyl/N-ethyl adjacent to an activating group) is 1. The smallest absolute Gasteiger partial charge is 0.335 e. The third-order valence-electron chi connectivity index (χ3n) is 7.67. The molecule has 0 radical (unpaired) electrons. The highest BCUT2D eigenvalue weighted by atomic mass is 16.4. The van der Waals surface area contributed by atoms with Gasteiger partial charge in [-0.3, -0.25) is 0 Å². The maximum atomic E-state index is 11.7. The summed E-state index contributed by atoms with van der Waals surface area (Å²) >= 11 is 0.